The molecule has 0 radical (unpaired) electrons. The van der Waals surface area contributed by atoms with E-state index in [9.17, 15) is 4.79 Å². The summed E-state index contributed by atoms with van der Waals surface area (Å²) in [7, 11) is 1.97. The molecule has 0 fully saturated rings. The Morgan fingerprint density at radius 2 is 2.47 bits per heavy atom. The van der Waals surface area contributed by atoms with E-state index in [2.05, 4.69) is 10.4 Å². The number of carbonyl (C=O) groups excluding carboxylic acids is 1. The van der Waals surface area contributed by atoms with Crippen molar-refractivity contribution in [2.75, 3.05) is 6.54 Å². The van der Waals surface area contributed by atoms with Crippen LogP contribution in [0.4, 0.5) is 0 Å². The minimum Gasteiger partial charge on any atom is -0.349 e. The zero-order valence-corrected chi connectivity index (χ0v) is 11.9. The van der Waals surface area contributed by atoms with E-state index in [0.717, 1.165) is 32.1 Å². The lowest BCUT2D eigenvalue weighted by Crippen LogP contribution is -2.34. The Labute approximate surface area is 114 Å². The molecule has 1 aromatic heterocycles. The molecule has 19 heavy (non-hydrogen) atoms. The predicted octanol–water partition coefficient (Wildman–Crippen LogP) is 1.29. The Balaban J connectivity index is 1.98. The number of amides is 1. The largest absolute Gasteiger partial charge is 0.349 e. The molecule has 3 N–H and O–H groups in total. The molecular formula is C14H24N4O. The van der Waals surface area contributed by atoms with Crippen LogP contribution in [0.3, 0.4) is 0 Å². The van der Waals surface area contributed by atoms with Gasteiger partial charge in [0.1, 0.15) is 0 Å². The number of aromatic nitrogens is 2. The van der Waals surface area contributed by atoms with Gasteiger partial charge in [-0.1, -0.05) is 6.92 Å². The molecule has 106 valence electrons. The number of nitrogens with zero attached hydrogens (tertiary/aromatic N) is 2. The SMILES string of the molecule is CC(CCCN)C(=O)NC1CCCc2c1cnn2C. The van der Waals surface area contributed by atoms with Gasteiger partial charge in [0.15, 0.2) is 0 Å². The Morgan fingerprint density at radius 1 is 1.68 bits per heavy atom. The maximum absolute atomic E-state index is 12.2. The summed E-state index contributed by atoms with van der Waals surface area (Å²) in [5.41, 5.74) is 7.93. The zero-order valence-electron chi connectivity index (χ0n) is 11.9. The van der Waals surface area contributed by atoms with E-state index < -0.39 is 0 Å². The summed E-state index contributed by atoms with van der Waals surface area (Å²) < 4.78 is 1.92. The van der Waals surface area contributed by atoms with Crippen molar-refractivity contribution >= 4 is 5.91 Å². The third kappa shape index (κ3) is 3.15. The van der Waals surface area contributed by atoms with Crippen molar-refractivity contribution in [2.45, 2.75) is 45.1 Å². The van der Waals surface area contributed by atoms with E-state index in [4.69, 9.17) is 5.73 Å². The van der Waals surface area contributed by atoms with Crippen molar-refractivity contribution in [1.29, 1.82) is 0 Å². The lowest BCUT2D eigenvalue weighted by molar-refractivity contribution is -0.125. The quantitative estimate of drug-likeness (QED) is 0.841. The van der Waals surface area contributed by atoms with Gasteiger partial charge in [-0.15, -0.1) is 0 Å². The van der Waals surface area contributed by atoms with Crippen molar-refractivity contribution in [1.82, 2.24) is 15.1 Å². The minimum atomic E-state index is 0.0330. The van der Waals surface area contributed by atoms with Crippen LogP contribution in [0, 0.1) is 5.92 Å². The van der Waals surface area contributed by atoms with E-state index in [1.165, 1.54) is 11.3 Å². The Morgan fingerprint density at radius 3 is 3.21 bits per heavy atom. The molecule has 2 unspecified atom stereocenters. The maximum Gasteiger partial charge on any atom is 0.223 e. The first-order valence-electron chi connectivity index (χ1n) is 7.14. The number of nitrogens with two attached hydrogens (primary N) is 1. The van der Waals surface area contributed by atoms with E-state index in [-0.39, 0.29) is 17.9 Å². The summed E-state index contributed by atoms with van der Waals surface area (Å²) >= 11 is 0. The minimum absolute atomic E-state index is 0.0330. The van der Waals surface area contributed by atoms with Crippen LogP contribution in [-0.2, 0) is 18.3 Å². The number of hydrogen-bond donors (Lipinski definition) is 2. The average molecular weight is 264 g/mol. The number of fused-ring (bicyclic) bond motifs is 1. The van der Waals surface area contributed by atoms with Gasteiger partial charge >= 0.3 is 0 Å². The Hall–Kier alpha value is -1.36. The zero-order chi connectivity index (χ0) is 13.8. The fraction of sp³-hybridized carbons (Fsp3) is 0.714. The lowest BCUT2D eigenvalue weighted by Gasteiger charge is -2.25. The van der Waals surface area contributed by atoms with Gasteiger partial charge in [0.2, 0.25) is 5.91 Å². The molecule has 2 rings (SSSR count). The van der Waals surface area contributed by atoms with Gasteiger partial charge in [-0.05, 0) is 38.6 Å². The molecule has 1 aliphatic carbocycles. The number of aryl methyl sites for hydroxylation is 1. The van der Waals surface area contributed by atoms with Crippen molar-refractivity contribution in [3.8, 4) is 0 Å². The molecule has 0 bridgehead atoms. The summed E-state index contributed by atoms with van der Waals surface area (Å²) in [6, 6.07) is 0.130. The highest BCUT2D eigenvalue weighted by atomic mass is 16.1. The third-order valence-corrected chi connectivity index (χ3v) is 3.98. The molecule has 0 saturated heterocycles. The van der Waals surface area contributed by atoms with Crippen molar-refractivity contribution in [2.24, 2.45) is 18.7 Å². The van der Waals surface area contributed by atoms with Gasteiger partial charge in [0.05, 0.1) is 12.2 Å². The van der Waals surface area contributed by atoms with Crippen LogP contribution in [0.2, 0.25) is 0 Å². The lowest BCUT2D eigenvalue weighted by atomic mass is 9.92. The van der Waals surface area contributed by atoms with E-state index in [1.807, 2.05) is 24.9 Å². The molecule has 1 aromatic rings. The van der Waals surface area contributed by atoms with Gasteiger partial charge in [-0.3, -0.25) is 9.48 Å². The summed E-state index contributed by atoms with van der Waals surface area (Å²) in [6.45, 7) is 2.62. The average Bonchev–Trinajstić information content (AvgIpc) is 2.79. The van der Waals surface area contributed by atoms with Crippen LogP contribution in [0.25, 0.3) is 0 Å². The molecule has 5 heteroatoms. The van der Waals surface area contributed by atoms with Gasteiger partial charge in [-0.25, -0.2) is 0 Å². The van der Waals surface area contributed by atoms with Gasteiger partial charge in [0, 0.05) is 24.2 Å². The summed E-state index contributed by atoms with van der Waals surface area (Å²) in [5, 5.41) is 7.46. The molecular weight excluding hydrogens is 240 g/mol. The molecule has 0 aliphatic heterocycles. The highest BCUT2D eigenvalue weighted by molar-refractivity contribution is 5.78. The smallest absolute Gasteiger partial charge is 0.223 e. The molecule has 1 amide bonds. The first-order valence-corrected chi connectivity index (χ1v) is 7.14. The van der Waals surface area contributed by atoms with Crippen LogP contribution in [0.5, 0.6) is 0 Å². The van der Waals surface area contributed by atoms with Crippen LogP contribution in [-0.4, -0.2) is 22.2 Å². The molecule has 2 atom stereocenters. The molecule has 5 nitrogen and oxygen atoms in total. The fourth-order valence-corrected chi connectivity index (χ4v) is 2.73. The summed E-state index contributed by atoms with van der Waals surface area (Å²) in [6.07, 6.45) is 6.82. The highest BCUT2D eigenvalue weighted by Gasteiger charge is 2.25. The second-order valence-electron chi connectivity index (χ2n) is 5.46. The number of carbonyl (C=O) groups is 1. The summed E-state index contributed by atoms with van der Waals surface area (Å²) in [4.78, 5) is 12.2. The van der Waals surface area contributed by atoms with Crippen molar-refractivity contribution in [3.63, 3.8) is 0 Å². The Kier molecular flexibility index (Phi) is 4.58. The molecule has 0 aromatic carbocycles. The van der Waals surface area contributed by atoms with Crippen molar-refractivity contribution in [3.05, 3.63) is 17.5 Å². The second-order valence-corrected chi connectivity index (χ2v) is 5.46. The Bertz CT molecular complexity index is 441. The number of rotatable bonds is 5. The first kappa shape index (κ1) is 14.1. The molecule has 1 aliphatic rings. The van der Waals surface area contributed by atoms with E-state index in [0.29, 0.717) is 6.54 Å². The topological polar surface area (TPSA) is 72.9 Å². The monoisotopic (exact) mass is 264 g/mol. The molecule has 0 spiro atoms. The number of hydrogen-bond acceptors (Lipinski definition) is 3. The summed E-state index contributed by atoms with van der Waals surface area (Å²) in [5.74, 6) is 0.167. The first-order chi connectivity index (χ1) is 9.13. The normalized spacial score (nSPS) is 19.8. The van der Waals surface area contributed by atoms with Gasteiger partial charge in [0.25, 0.3) is 0 Å². The van der Waals surface area contributed by atoms with Crippen LogP contribution in [0.15, 0.2) is 6.20 Å². The van der Waals surface area contributed by atoms with Crippen LogP contribution >= 0.6 is 0 Å². The van der Waals surface area contributed by atoms with Gasteiger partial charge < -0.3 is 11.1 Å². The molecule has 1 heterocycles. The fourth-order valence-electron chi connectivity index (χ4n) is 2.73. The van der Waals surface area contributed by atoms with Crippen LogP contribution in [0.1, 0.15) is 49.9 Å². The standard InChI is InChI=1S/C14H24N4O/c1-10(5-4-8-15)14(19)17-12-6-3-7-13-11(12)9-16-18(13)2/h9-10,12H,3-8,15H2,1-2H3,(H,17,19). The maximum atomic E-state index is 12.2. The molecule has 0 saturated carbocycles. The second kappa shape index (κ2) is 6.19. The number of nitrogens with one attached hydrogen (secondary N) is 1. The van der Waals surface area contributed by atoms with E-state index in [1.54, 1.807) is 0 Å². The predicted molar refractivity (Wildman–Crippen MR) is 74.5 cm³/mol. The third-order valence-electron chi connectivity index (χ3n) is 3.98. The highest BCUT2D eigenvalue weighted by Crippen LogP contribution is 2.29. The van der Waals surface area contributed by atoms with E-state index >= 15 is 0 Å². The van der Waals surface area contributed by atoms with Gasteiger partial charge in [-0.2, -0.15) is 5.10 Å². The van der Waals surface area contributed by atoms with Crippen LogP contribution < -0.4 is 11.1 Å². The van der Waals surface area contributed by atoms with Crippen molar-refractivity contribution < 1.29 is 4.79 Å².